The SMILES string of the molecule is CC(C)OC(=O)C1=CN(C(=O)c2ccc(OCCN3CCOCC3)cc2)CC(C)(C)c2c1[nH]c1ncc(Cl)cc21. The van der Waals surface area contributed by atoms with Gasteiger partial charge in [-0.2, -0.15) is 0 Å². The van der Waals surface area contributed by atoms with Crippen molar-refractivity contribution in [3.8, 4) is 5.75 Å². The zero-order valence-electron chi connectivity index (χ0n) is 23.3. The maximum absolute atomic E-state index is 13.8. The fourth-order valence-corrected chi connectivity index (χ4v) is 5.42. The number of H-pyrrole nitrogens is 1. The van der Waals surface area contributed by atoms with Crippen LogP contribution in [0.2, 0.25) is 5.02 Å². The summed E-state index contributed by atoms with van der Waals surface area (Å²) in [5, 5.41) is 1.30. The molecule has 3 aromatic rings. The minimum absolute atomic E-state index is 0.228. The molecule has 4 heterocycles. The second kappa shape index (κ2) is 11.6. The number of fused-ring (bicyclic) bond motifs is 3. The van der Waals surface area contributed by atoms with Crippen LogP contribution in [0.1, 0.15) is 49.3 Å². The van der Waals surface area contributed by atoms with Gasteiger partial charge in [0.15, 0.2) is 0 Å². The van der Waals surface area contributed by atoms with E-state index in [0.717, 1.165) is 43.8 Å². The maximum atomic E-state index is 13.8. The second-order valence-corrected chi connectivity index (χ2v) is 11.5. The number of halogens is 1. The minimum Gasteiger partial charge on any atom is -0.492 e. The molecule has 0 spiro atoms. The summed E-state index contributed by atoms with van der Waals surface area (Å²) in [6, 6.07) is 8.95. The molecule has 10 heteroatoms. The summed E-state index contributed by atoms with van der Waals surface area (Å²) >= 11 is 6.30. The quantitative estimate of drug-likeness (QED) is 0.416. The first-order valence-corrected chi connectivity index (χ1v) is 13.9. The van der Waals surface area contributed by atoms with Crippen molar-refractivity contribution in [1.82, 2.24) is 19.8 Å². The monoisotopic (exact) mass is 566 g/mol. The molecule has 1 fully saturated rings. The number of hydrogen-bond donors (Lipinski definition) is 1. The van der Waals surface area contributed by atoms with E-state index in [1.165, 1.54) is 0 Å². The average Bonchev–Trinajstić information content (AvgIpc) is 3.25. The third-order valence-corrected chi connectivity index (χ3v) is 7.33. The Morgan fingerprint density at radius 3 is 2.60 bits per heavy atom. The molecule has 2 aromatic heterocycles. The van der Waals surface area contributed by atoms with Gasteiger partial charge in [-0.15, -0.1) is 0 Å². The van der Waals surface area contributed by atoms with Crippen molar-refractivity contribution in [2.24, 2.45) is 0 Å². The van der Waals surface area contributed by atoms with Crippen LogP contribution in [0, 0.1) is 0 Å². The van der Waals surface area contributed by atoms with Crippen LogP contribution in [-0.2, 0) is 19.7 Å². The number of esters is 1. The molecule has 5 rings (SSSR count). The lowest BCUT2D eigenvalue weighted by Crippen LogP contribution is -2.38. The summed E-state index contributed by atoms with van der Waals surface area (Å²) in [6.45, 7) is 12.7. The van der Waals surface area contributed by atoms with E-state index in [4.69, 9.17) is 25.8 Å². The van der Waals surface area contributed by atoms with Crippen LogP contribution in [-0.4, -0.2) is 83.7 Å². The number of amides is 1. The molecule has 0 bridgehead atoms. The van der Waals surface area contributed by atoms with E-state index in [9.17, 15) is 9.59 Å². The fraction of sp³-hybridized carbons (Fsp3) is 0.433. The smallest absolute Gasteiger partial charge is 0.342 e. The van der Waals surface area contributed by atoms with Crippen molar-refractivity contribution >= 4 is 40.1 Å². The van der Waals surface area contributed by atoms with Gasteiger partial charge in [-0.3, -0.25) is 9.69 Å². The number of ether oxygens (including phenoxy) is 3. The number of nitrogens with one attached hydrogen (secondary N) is 1. The van der Waals surface area contributed by atoms with Gasteiger partial charge in [0.25, 0.3) is 5.91 Å². The molecule has 1 N–H and O–H groups in total. The zero-order valence-corrected chi connectivity index (χ0v) is 24.1. The molecule has 1 aromatic carbocycles. The molecular formula is C30H35ClN4O5. The first-order valence-electron chi connectivity index (χ1n) is 13.6. The van der Waals surface area contributed by atoms with E-state index >= 15 is 0 Å². The molecule has 0 radical (unpaired) electrons. The summed E-state index contributed by atoms with van der Waals surface area (Å²) < 4.78 is 16.9. The lowest BCUT2D eigenvalue weighted by Gasteiger charge is -2.29. The van der Waals surface area contributed by atoms with Gasteiger partial charge in [-0.25, -0.2) is 9.78 Å². The van der Waals surface area contributed by atoms with Gasteiger partial charge in [-0.1, -0.05) is 25.4 Å². The molecule has 0 aliphatic carbocycles. The number of carbonyl (C=O) groups is 2. The highest BCUT2D eigenvalue weighted by Gasteiger charge is 2.38. The highest BCUT2D eigenvalue weighted by molar-refractivity contribution is 6.31. The number of aromatic nitrogens is 2. The van der Waals surface area contributed by atoms with Crippen molar-refractivity contribution in [3.63, 3.8) is 0 Å². The molecule has 1 saturated heterocycles. The van der Waals surface area contributed by atoms with Gasteiger partial charge in [0.05, 0.1) is 35.6 Å². The van der Waals surface area contributed by atoms with Crippen LogP contribution >= 0.6 is 11.6 Å². The fourth-order valence-electron chi connectivity index (χ4n) is 5.26. The third kappa shape index (κ3) is 6.01. The predicted octanol–water partition coefficient (Wildman–Crippen LogP) is 4.65. The lowest BCUT2D eigenvalue weighted by molar-refractivity contribution is -0.140. The third-order valence-electron chi connectivity index (χ3n) is 7.12. The molecule has 212 valence electrons. The van der Waals surface area contributed by atoms with Crippen LogP contribution in [0.15, 0.2) is 42.7 Å². The predicted molar refractivity (Wildman–Crippen MR) is 154 cm³/mol. The standard InChI is InChI=1S/C30H35ClN4O5/c1-19(2)40-29(37)24-17-35(18-30(3,4)25-23-15-21(31)16-32-27(23)33-26(24)25)28(36)20-5-7-22(8-6-20)39-14-11-34-9-12-38-13-10-34/h5-8,15-17,19H,9-14,18H2,1-4H3,(H,32,33). The van der Waals surface area contributed by atoms with Crippen LogP contribution in [0.4, 0.5) is 0 Å². The zero-order chi connectivity index (χ0) is 28.4. The molecule has 0 unspecified atom stereocenters. The molecule has 2 aliphatic heterocycles. The number of nitrogens with zero attached hydrogens (tertiary/aromatic N) is 3. The number of morpholine rings is 1. The number of carbonyl (C=O) groups excluding carboxylic acids is 2. The minimum atomic E-state index is -0.547. The Morgan fingerprint density at radius 1 is 1.18 bits per heavy atom. The molecule has 2 aliphatic rings. The van der Waals surface area contributed by atoms with E-state index in [2.05, 4.69) is 14.9 Å². The second-order valence-electron chi connectivity index (χ2n) is 11.1. The van der Waals surface area contributed by atoms with Crippen molar-refractivity contribution in [2.75, 3.05) is 46.0 Å². The summed E-state index contributed by atoms with van der Waals surface area (Å²) in [4.78, 5) is 38.7. The largest absolute Gasteiger partial charge is 0.492 e. The van der Waals surface area contributed by atoms with Crippen LogP contribution < -0.4 is 4.74 Å². The first-order chi connectivity index (χ1) is 19.1. The normalized spacial score (nSPS) is 17.4. The molecule has 9 nitrogen and oxygen atoms in total. The van der Waals surface area contributed by atoms with Crippen molar-refractivity contribution in [2.45, 2.75) is 39.2 Å². The van der Waals surface area contributed by atoms with E-state index in [1.54, 1.807) is 55.4 Å². The van der Waals surface area contributed by atoms with E-state index in [0.29, 0.717) is 40.8 Å². The molecule has 40 heavy (non-hydrogen) atoms. The van der Waals surface area contributed by atoms with Crippen LogP contribution in [0.5, 0.6) is 5.75 Å². The highest BCUT2D eigenvalue weighted by Crippen LogP contribution is 2.41. The summed E-state index contributed by atoms with van der Waals surface area (Å²) in [5.41, 5.74) is 2.27. The summed E-state index contributed by atoms with van der Waals surface area (Å²) in [5.74, 6) is -0.0506. The first kappa shape index (κ1) is 28.1. The summed E-state index contributed by atoms with van der Waals surface area (Å²) in [6.07, 6.45) is 2.82. The van der Waals surface area contributed by atoms with Gasteiger partial charge in [0.1, 0.15) is 18.0 Å². The van der Waals surface area contributed by atoms with Crippen LogP contribution in [0.25, 0.3) is 16.6 Å². The topological polar surface area (TPSA) is 97.0 Å². The maximum Gasteiger partial charge on any atom is 0.342 e. The van der Waals surface area contributed by atoms with Gasteiger partial charge in [0.2, 0.25) is 0 Å². The Balaban J connectivity index is 1.41. The molecule has 1 amide bonds. The van der Waals surface area contributed by atoms with E-state index < -0.39 is 11.4 Å². The number of rotatable bonds is 7. The average molecular weight is 567 g/mol. The molecule has 0 saturated carbocycles. The Labute approximate surface area is 239 Å². The Hall–Kier alpha value is -3.40. The van der Waals surface area contributed by atoms with Gasteiger partial charge >= 0.3 is 5.97 Å². The Kier molecular flexibility index (Phi) is 8.16. The number of hydrogen-bond acceptors (Lipinski definition) is 7. The van der Waals surface area contributed by atoms with E-state index in [-0.39, 0.29) is 17.6 Å². The molecule has 0 atom stereocenters. The number of benzene rings is 1. The van der Waals surface area contributed by atoms with Crippen molar-refractivity contribution in [3.05, 3.63) is 64.6 Å². The summed E-state index contributed by atoms with van der Waals surface area (Å²) in [7, 11) is 0. The lowest BCUT2D eigenvalue weighted by atomic mass is 9.82. The van der Waals surface area contributed by atoms with Crippen molar-refractivity contribution in [1.29, 1.82) is 0 Å². The van der Waals surface area contributed by atoms with Gasteiger partial charge in [0, 0.05) is 54.9 Å². The number of aromatic amines is 1. The van der Waals surface area contributed by atoms with E-state index in [1.807, 2.05) is 19.9 Å². The Morgan fingerprint density at radius 2 is 1.90 bits per heavy atom. The molecular weight excluding hydrogens is 532 g/mol. The Bertz CT molecular complexity index is 1420. The van der Waals surface area contributed by atoms with Crippen molar-refractivity contribution < 1.29 is 23.8 Å². The number of pyridine rings is 1. The van der Waals surface area contributed by atoms with Gasteiger partial charge < -0.3 is 24.1 Å². The highest BCUT2D eigenvalue weighted by atomic mass is 35.5. The van der Waals surface area contributed by atoms with Gasteiger partial charge in [-0.05, 0) is 49.7 Å². The van der Waals surface area contributed by atoms with Crippen LogP contribution in [0.3, 0.4) is 0 Å².